The Morgan fingerprint density at radius 1 is 1.21 bits per heavy atom. The minimum absolute atomic E-state index is 0.753. The Morgan fingerprint density at radius 2 is 2.07 bits per heavy atom. The molecule has 14 heavy (non-hydrogen) atoms. The molecule has 0 fully saturated rings. The molecular formula is C12H11NS. The molecule has 70 valence electrons. The Labute approximate surface area is 88.9 Å². The fourth-order valence-corrected chi connectivity index (χ4v) is 1.55. The van der Waals surface area contributed by atoms with E-state index in [1.54, 1.807) is 0 Å². The third-order valence-electron chi connectivity index (χ3n) is 2.07. The SMILES string of the molecule is SCC=Cc1cccc2cccnc12. The number of thiol groups is 1. The average molecular weight is 201 g/mol. The van der Waals surface area contributed by atoms with Crippen molar-refractivity contribution in [3.63, 3.8) is 0 Å². The van der Waals surface area contributed by atoms with Crippen molar-refractivity contribution >= 4 is 29.6 Å². The molecule has 0 aliphatic heterocycles. The molecule has 0 atom stereocenters. The van der Waals surface area contributed by atoms with Gasteiger partial charge in [-0.25, -0.2) is 0 Å². The molecule has 0 aliphatic rings. The van der Waals surface area contributed by atoms with Gasteiger partial charge in [-0.05, 0) is 6.07 Å². The van der Waals surface area contributed by atoms with Crippen LogP contribution >= 0.6 is 12.6 Å². The molecule has 0 spiro atoms. The van der Waals surface area contributed by atoms with Crippen LogP contribution in [-0.2, 0) is 0 Å². The summed E-state index contributed by atoms with van der Waals surface area (Å²) < 4.78 is 0. The molecule has 0 unspecified atom stereocenters. The molecule has 2 aromatic rings. The summed E-state index contributed by atoms with van der Waals surface area (Å²) in [5, 5.41) is 1.17. The maximum Gasteiger partial charge on any atom is 0.0774 e. The molecule has 1 heterocycles. The van der Waals surface area contributed by atoms with E-state index in [1.165, 1.54) is 5.39 Å². The van der Waals surface area contributed by atoms with Crippen LogP contribution in [-0.4, -0.2) is 10.7 Å². The summed E-state index contributed by atoms with van der Waals surface area (Å²) in [4.78, 5) is 4.36. The quantitative estimate of drug-likeness (QED) is 0.736. The van der Waals surface area contributed by atoms with Crippen LogP contribution in [0.25, 0.3) is 17.0 Å². The van der Waals surface area contributed by atoms with Crippen LogP contribution in [0.5, 0.6) is 0 Å². The van der Waals surface area contributed by atoms with E-state index in [4.69, 9.17) is 0 Å². The highest BCUT2D eigenvalue weighted by Gasteiger charge is 1.96. The number of hydrogen-bond acceptors (Lipinski definition) is 2. The van der Waals surface area contributed by atoms with Crippen molar-refractivity contribution in [3.8, 4) is 0 Å². The lowest BCUT2D eigenvalue weighted by atomic mass is 10.1. The van der Waals surface area contributed by atoms with Gasteiger partial charge < -0.3 is 0 Å². The first-order valence-corrected chi connectivity index (χ1v) is 5.16. The summed E-state index contributed by atoms with van der Waals surface area (Å²) in [6, 6.07) is 10.2. The van der Waals surface area contributed by atoms with Gasteiger partial charge >= 0.3 is 0 Å². The number of pyridine rings is 1. The van der Waals surface area contributed by atoms with E-state index >= 15 is 0 Å². The molecular weight excluding hydrogens is 190 g/mol. The van der Waals surface area contributed by atoms with E-state index in [0.717, 1.165) is 16.8 Å². The Morgan fingerprint density at radius 3 is 2.93 bits per heavy atom. The van der Waals surface area contributed by atoms with Crippen LogP contribution in [0.1, 0.15) is 5.56 Å². The number of nitrogens with zero attached hydrogens (tertiary/aromatic N) is 1. The maximum absolute atomic E-state index is 4.36. The molecule has 0 aliphatic carbocycles. The van der Waals surface area contributed by atoms with Crippen LogP contribution in [0.4, 0.5) is 0 Å². The van der Waals surface area contributed by atoms with Gasteiger partial charge in [0.15, 0.2) is 0 Å². The average Bonchev–Trinajstić information content (AvgIpc) is 2.26. The van der Waals surface area contributed by atoms with Crippen LogP contribution in [0.3, 0.4) is 0 Å². The van der Waals surface area contributed by atoms with Crippen molar-refractivity contribution in [1.29, 1.82) is 0 Å². The highest BCUT2D eigenvalue weighted by Crippen LogP contribution is 2.16. The molecule has 1 aromatic carbocycles. The van der Waals surface area contributed by atoms with Crippen molar-refractivity contribution < 1.29 is 0 Å². The zero-order valence-corrected chi connectivity index (χ0v) is 8.61. The molecule has 0 N–H and O–H groups in total. The second kappa shape index (κ2) is 4.29. The van der Waals surface area contributed by atoms with E-state index in [1.807, 2.05) is 24.4 Å². The Kier molecular flexibility index (Phi) is 2.84. The highest BCUT2D eigenvalue weighted by atomic mass is 32.1. The number of aromatic nitrogens is 1. The number of rotatable bonds is 2. The molecule has 2 heteroatoms. The Hall–Kier alpha value is -1.28. The van der Waals surface area contributed by atoms with Gasteiger partial charge in [0.05, 0.1) is 5.52 Å². The maximum atomic E-state index is 4.36. The van der Waals surface area contributed by atoms with Crippen LogP contribution < -0.4 is 0 Å². The molecule has 1 nitrogen and oxygen atoms in total. The number of fused-ring (bicyclic) bond motifs is 1. The van der Waals surface area contributed by atoms with Crippen molar-refractivity contribution in [2.45, 2.75) is 0 Å². The minimum Gasteiger partial charge on any atom is -0.256 e. The van der Waals surface area contributed by atoms with E-state index in [-0.39, 0.29) is 0 Å². The van der Waals surface area contributed by atoms with Crippen LogP contribution in [0.15, 0.2) is 42.6 Å². The molecule has 0 saturated carbocycles. The minimum atomic E-state index is 0.753. The highest BCUT2D eigenvalue weighted by molar-refractivity contribution is 7.80. The van der Waals surface area contributed by atoms with Crippen molar-refractivity contribution in [1.82, 2.24) is 4.98 Å². The smallest absolute Gasteiger partial charge is 0.0774 e. The van der Waals surface area contributed by atoms with Crippen LogP contribution in [0, 0.1) is 0 Å². The third kappa shape index (κ3) is 1.80. The van der Waals surface area contributed by atoms with Gasteiger partial charge in [0.25, 0.3) is 0 Å². The van der Waals surface area contributed by atoms with Gasteiger partial charge in [0.2, 0.25) is 0 Å². The zero-order valence-electron chi connectivity index (χ0n) is 7.72. The topological polar surface area (TPSA) is 12.9 Å². The summed E-state index contributed by atoms with van der Waals surface area (Å²) in [5.74, 6) is 0.753. The standard InChI is InChI=1S/C12H11NS/c14-9-3-7-11-5-1-4-10-6-2-8-13-12(10)11/h1-8,14H,9H2. The van der Waals surface area contributed by atoms with E-state index in [2.05, 4.69) is 41.9 Å². The lowest BCUT2D eigenvalue weighted by molar-refractivity contribution is 1.40. The summed E-state index contributed by atoms with van der Waals surface area (Å²) in [7, 11) is 0. The van der Waals surface area contributed by atoms with Crippen molar-refractivity contribution in [3.05, 3.63) is 48.2 Å². The first kappa shape index (κ1) is 9.28. The second-order valence-electron chi connectivity index (χ2n) is 3.01. The summed E-state index contributed by atoms with van der Waals surface area (Å²) in [6.45, 7) is 0. The molecule has 0 saturated heterocycles. The second-order valence-corrected chi connectivity index (χ2v) is 3.37. The van der Waals surface area contributed by atoms with E-state index in [9.17, 15) is 0 Å². The van der Waals surface area contributed by atoms with Gasteiger partial charge in [0, 0.05) is 22.9 Å². The molecule has 0 amide bonds. The lowest BCUT2D eigenvalue weighted by Crippen LogP contribution is -1.81. The largest absolute Gasteiger partial charge is 0.256 e. The van der Waals surface area contributed by atoms with E-state index in [0.29, 0.717) is 0 Å². The molecule has 1 aromatic heterocycles. The lowest BCUT2D eigenvalue weighted by Gasteiger charge is -1.99. The normalized spacial score (nSPS) is 11.2. The van der Waals surface area contributed by atoms with Crippen LogP contribution in [0.2, 0.25) is 0 Å². The van der Waals surface area contributed by atoms with Gasteiger partial charge in [-0.15, -0.1) is 0 Å². The summed E-state index contributed by atoms with van der Waals surface area (Å²) in [6.07, 6.45) is 5.90. The number of hydrogen-bond donors (Lipinski definition) is 1. The Bertz CT molecular complexity index is 457. The first-order chi connectivity index (χ1) is 6.92. The van der Waals surface area contributed by atoms with Crippen molar-refractivity contribution in [2.75, 3.05) is 5.75 Å². The number of para-hydroxylation sites is 1. The predicted octanol–water partition coefficient (Wildman–Crippen LogP) is 3.18. The monoisotopic (exact) mass is 201 g/mol. The summed E-state index contributed by atoms with van der Waals surface area (Å²) in [5.41, 5.74) is 2.20. The predicted molar refractivity (Wildman–Crippen MR) is 64.6 cm³/mol. The fraction of sp³-hybridized carbons (Fsp3) is 0.0833. The van der Waals surface area contributed by atoms with Gasteiger partial charge in [-0.2, -0.15) is 12.6 Å². The van der Waals surface area contributed by atoms with E-state index < -0.39 is 0 Å². The van der Waals surface area contributed by atoms with Gasteiger partial charge in [0.1, 0.15) is 0 Å². The molecule has 2 rings (SSSR count). The fourth-order valence-electron chi connectivity index (χ4n) is 1.44. The van der Waals surface area contributed by atoms with Gasteiger partial charge in [-0.3, -0.25) is 4.98 Å². The Balaban J connectivity index is 2.59. The zero-order chi connectivity index (χ0) is 9.80. The van der Waals surface area contributed by atoms with Crippen molar-refractivity contribution in [2.24, 2.45) is 0 Å². The molecule has 0 bridgehead atoms. The molecule has 0 radical (unpaired) electrons. The summed E-state index contributed by atoms with van der Waals surface area (Å²) >= 11 is 4.14. The van der Waals surface area contributed by atoms with Gasteiger partial charge in [-0.1, -0.05) is 36.4 Å². The number of benzene rings is 1. The first-order valence-electron chi connectivity index (χ1n) is 4.53. The third-order valence-corrected chi connectivity index (χ3v) is 2.28.